The summed E-state index contributed by atoms with van der Waals surface area (Å²) in [5.41, 5.74) is 1.79. The fourth-order valence-electron chi connectivity index (χ4n) is 3.36. The molecule has 0 saturated carbocycles. The molecule has 0 aliphatic carbocycles. The smallest absolute Gasteiger partial charge is 0.321 e. The van der Waals surface area contributed by atoms with E-state index in [1.165, 1.54) is 36.4 Å². The van der Waals surface area contributed by atoms with Gasteiger partial charge in [-0.1, -0.05) is 35.9 Å². The number of carbonyl (C=O) groups is 2. The van der Waals surface area contributed by atoms with Gasteiger partial charge >= 0.3 is 5.97 Å². The van der Waals surface area contributed by atoms with E-state index in [1.807, 2.05) is 0 Å². The topological polar surface area (TPSA) is 173 Å². The molecule has 196 valence electrons. The molecule has 3 rings (SSSR count). The number of hydrogen-bond acceptors (Lipinski definition) is 6. The molecule has 1 atom stereocenters. The zero-order valence-electron chi connectivity index (χ0n) is 19.3. The predicted octanol–water partition coefficient (Wildman–Crippen LogP) is 2.60. The average molecular weight is 566 g/mol. The zero-order valence-corrected chi connectivity index (χ0v) is 21.7. The summed E-state index contributed by atoms with van der Waals surface area (Å²) in [5.74, 6) is -1.86. The van der Waals surface area contributed by atoms with E-state index in [1.54, 1.807) is 36.4 Å². The van der Waals surface area contributed by atoms with E-state index in [0.717, 1.165) is 11.1 Å². The summed E-state index contributed by atoms with van der Waals surface area (Å²) in [6.45, 7) is 0.0665. The van der Waals surface area contributed by atoms with Crippen molar-refractivity contribution in [1.29, 1.82) is 0 Å². The fourth-order valence-corrected chi connectivity index (χ4v) is 5.23. The number of benzene rings is 3. The van der Waals surface area contributed by atoms with Gasteiger partial charge in [-0.25, -0.2) is 22.0 Å². The number of carboxylic acid groups (broad SMARTS) is 1. The van der Waals surface area contributed by atoms with Crippen molar-refractivity contribution in [3.05, 3.63) is 83.4 Å². The minimum Gasteiger partial charge on any atom is -0.480 e. The lowest BCUT2D eigenvalue weighted by molar-refractivity contribution is -0.139. The molecule has 0 bridgehead atoms. The van der Waals surface area contributed by atoms with Crippen LogP contribution in [-0.4, -0.2) is 46.4 Å². The number of nitrogens with two attached hydrogens (primary N) is 1. The lowest BCUT2D eigenvalue weighted by Crippen LogP contribution is -2.41. The van der Waals surface area contributed by atoms with Crippen molar-refractivity contribution in [3.63, 3.8) is 0 Å². The van der Waals surface area contributed by atoms with Crippen molar-refractivity contribution in [3.8, 4) is 11.1 Å². The first-order chi connectivity index (χ1) is 17.4. The van der Waals surface area contributed by atoms with Crippen LogP contribution in [-0.2, 0) is 24.8 Å². The summed E-state index contributed by atoms with van der Waals surface area (Å²) in [7, 11) is -8.00. The molecule has 3 aromatic rings. The maximum absolute atomic E-state index is 12.8. The van der Waals surface area contributed by atoms with Gasteiger partial charge in [-0.05, 0) is 72.5 Å². The third-order valence-corrected chi connectivity index (χ3v) is 8.01. The molecule has 0 radical (unpaired) electrons. The number of rotatable bonds is 11. The molecule has 0 aliphatic heterocycles. The average Bonchev–Trinajstić information content (AvgIpc) is 2.85. The standard InChI is InChI=1S/C24H24ClN3O7S2/c25-19-9-3-16(4-10-19)17-5-13-21(14-6-17)37(34,35)28-22(24(30)31)2-1-15-27-23(29)18-7-11-20(12-8-18)36(26,32)33/h3-14,22,28H,1-2,15H2,(H,27,29)(H,30,31)(H2,26,32,33)/t22-/m0/s1. The molecule has 0 saturated heterocycles. The Kier molecular flexibility index (Phi) is 9.05. The number of aliphatic carboxylic acids is 1. The van der Waals surface area contributed by atoms with Crippen molar-refractivity contribution in [2.45, 2.75) is 28.7 Å². The molecule has 0 spiro atoms. The molecule has 13 heteroatoms. The van der Waals surface area contributed by atoms with Crippen LogP contribution in [0.1, 0.15) is 23.2 Å². The molecule has 0 aromatic heterocycles. The third-order valence-electron chi connectivity index (χ3n) is 5.34. The molecule has 37 heavy (non-hydrogen) atoms. The van der Waals surface area contributed by atoms with Crippen LogP contribution in [0, 0.1) is 0 Å². The van der Waals surface area contributed by atoms with E-state index in [2.05, 4.69) is 10.0 Å². The number of carbonyl (C=O) groups excluding carboxylic acids is 1. The van der Waals surface area contributed by atoms with E-state index in [0.29, 0.717) is 5.02 Å². The summed E-state index contributed by atoms with van der Waals surface area (Å²) in [6.07, 6.45) is 0.0814. The lowest BCUT2D eigenvalue weighted by atomic mass is 10.1. The van der Waals surface area contributed by atoms with Crippen LogP contribution in [0.25, 0.3) is 11.1 Å². The van der Waals surface area contributed by atoms with Crippen molar-refractivity contribution >= 4 is 43.5 Å². The largest absolute Gasteiger partial charge is 0.480 e. The van der Waals surface area contributed by atoms with Gasteiger partial charge in [0.2, 0.25) is 20.0 Å². The minimum absolute atomic E-state index is 0.0665. The number of carboxylic acids is 1. The van der Waals surface area contributed by atoms with Gasteiger partial charge in [-0.3, -0.25) is 9.59 Å². The monoisotopic (exact) mass is 565 g/mol. The van der Waals surface area contributed by atoms with Gasteiger partial charge in [0.25, 0.3) is 5.91 Å². The van der Waals surface area contributed by atoms with Crippen molar-refractivity contribution in [2.24, 2.45) is 5.14 Å². The first kappa shape index (κ1) is 28.3. The van der Waals surface area contributed by atoms with Crippen molar-refractivity contribution in [2.75, 3.05) is 6.54 Å². The summed E-state index contributed by atoms with van der Waals surface area (Å²) in [4.78, 5) is 23.6. The number of hydrogen-bond donors (Lipinski definition) is 4. The number of sulfonamides is 2. The summed E-state index contributed by atoms with van der Waals surface area (Å²) in [6, 6.07) is 16.6. The lowest BCUT2D eigenvalue weighted by Gasteiger charge is -2.15. The van der Waals surface area contributed by atoms with Crippen LogP contribution in [0.2, 0.25) is 5.02 Å². The van der Waals surface area contributed by atoms with Gasteiger partial charge in [0.05, 0.1) is 9.79 Å². The van der Waals surface area contributed by atoms with Crippen molar-refractivity contribution in [1.82, 2.24) is 10.0 Å². The van der Waals surface area contributed by atoms with Gasteiger partial charge in [0.1, 0.15) is 6.04 Å². The molecule has 3 aromatic carbocycles. The predicted molar refractivity (Wildman–Crippen MR) is 138 cm³/mol. The number of halogens is 1. The normalized spacial score (nSPS) is 12.6. The van der Waals surface area contributed by atoms with Crippen LogP contribution in [0.4, 0.5) is 0 Å². The van der Waals surface area contributed by atoms with Crippen LogP contribution in [0.3, 0.4) is 0 Å². The molecule has 0 unspecified atom stereocenters. The molecule has 5 N–H and O–H groups in total. The first-order valence-electron chi connectivity index (χ1n) is 10.9. The molecule has 0 heterocycles. The van der Waals surface area contributed by atoms with Gasteiger partial charge < -0.3 is 10.4 Å². The maximum atomic E-state index is 12.8. The molecule has 1 amide bonds. The van der Waals surface area contributed by atoms with E-state index >= 15 is 0 Å². The summed E-state index contributed by atoms with van der Waals surface area (Å²) in [5, 5.41) is 17.7. The highest BCUT2D eigenvalue weighted by atomic mass is 35.5. The quantitative estimate of drug-likeness (QED) is 0.258. The highest BCUT2D eigenvalue weighted by Crippen LogP contribution is 2.23. The van der Waals surface area contributed by atoms with E-state index in [9.17, 15) is 31.5 Å². The first-order valence-corrected chi connectivity index (χ1v) is 14.3. The Bertz CT molecular complexity index is 1470. The van der Waals surface area contributed by atoms with Gasteiger partial charge in [0.15, 0.2) is 0 Å². The Morgan fingerprint density at radius 3 is 1.86 bits per heavy atom. The highest BCUT2D eigenvalue weighted by Gasteiger charge is 2.25. The molecular formula is C24H24ClN3O7S2. The second-order valence-electron chi connectivity index (χ2n) is 8.01. The minimum atomic E-state index is -4.12. The van der Waals surface area contributed by atoms with Crippen LogP contribution in [0.15, 0.2) is 82.6 Å². The third kappa shape index (κ3) is 7.84. The van der Waals surface area contributed by atoms with Crippen LogP contribution in [0.5, 0.6) is 0 Å². The SMILES string of the molecule is NS(=O)(=O)c1ccc(C(=O)NCCC[C@H](NS(=O)(=O)c2ccc(-c3ccc(Cl)cc3)cc2)C(=O)O)cc1. The molecular weight excluding hydrogens is 542 g/mol. The zero-order chi connectivity index (χ0) is 27.2. The Morgan fingerprint density at radius 2 is 1.35 bits per heavy atom. The van der Waals surface area contributed by atoms with E-state index < -0.39 is 38.0 Å². The Hall–Kier alpha value is -3.29. The van der Waals surface area contributed by atoms with Crippen molar-refractivity contribution < 1.29 is 31.5 Å². The summed E-state index contributed by atoms with van der Waals surface area (Å²) >= 11 is 5.89. The van der Waals surface area contributed by atoms with E-state index in [-0.39, 0.29) is 34.7 Å². The number of amides is 1. The van der Waals surface area contributed by atoms with Gasteiger partial charge in [-0.15, -0.1) is 0 Å². The Morgan fingerprint density at radius 1 is 0.838 bits per heavy atom. The Labute approximate surface area is 219 Å². The second kappa shape index (κ2) is 11.8. The van der Waals surface area contributed by atoms with E-state index in [4.69, 9.17) is 16.7 Å². The van der Waals surface area contributed by atoms with Gasteiger partial charge in [0, 0.05) is 17.1 Å². The van der Waals surface area contributed by atoms with Gasteiger partial charge in [-0.2, -0.15) is 4.72 Å². The number of nitrogens with one attached hydrogen (secondary N) is 2. The molecule has 10 nitrogen and oxygen atoms in total. The maximum Gasteiger partial charge on any atom is 0.321 e. The number of primary sulfonamides is 1. The second-order valence-corrected chi connectivity index (χ2v) is 11.7. The fraction of sp³-hybridized carbons (Fsp3) is 0.167. The summed E-state index contributed by atoms with van der Waals surface area (Å²) < 4.78 is 50.3. The van der Waals surface area contributed by atoms with Crippen LogP contribution >= 0.6 is 11.6 Å². The van der Waals surface area contributed by atoms with Crippen LogP contribution < -0.4 is 15.2 Å². The molecule has 0 fully saturated rings. The Balaban J connectivity index is 1.56. The highest BCUT2D eigenvalue weighted by molar-refractivity contribution is 7.89. The molecule has 0 aliphatic rings.